The van der Waals surface area contributed by atoms with Crippen LogP contribution in [-0.2, 0) is 19.1 Å². The zero-order chi connectivity index (χ0) is 17.5. The summed E-state index contributed by atoms with van der Waals surface area (Å²) in [4.78, 5) is 24.1. The number of hydrogen-bond acceptors (Lipinski definition) is 4. The molecule has 1 N–H and O–H groups in total. The Labute approximate surface area is 147 Å². The molecule has 0 spiro atoms. The smallest absolute Gasteiger partial charge is 0.335 e. The molecule has 2 aromatic carbocycles. The molecule has 130 valence electrons. The van der Waals surface area contributed by atoms with Crippen molar-refractivity contribution in [3.63, 3.8) is 0 Å². The van der Waals surface area contributed by atoms with Crippen LogP contribution in [0.5, 0.6) is 0 Å². The number of rotatable bonds is 6. The first kappa shape index (κ1) is 17.2. The first-order valence-corrected chi connectivity index (χ1v) is 8.41. The van der Waals surface area contributed by atoms with Gasteiger partial charge in [-0.05, 0) is 24.0 Å². The van der Waals surface area contributed by atoms with E-state index in [1.54, 1.807) is 0 Å². The van der Waals surface area contributed by atoms with Gasteiger partial charge < -0.3 is 14.8 Å². The molecule has 3 rings (SSSR count). The first-order valence-electron chi connectivity index (χ1n) is 8.41. The lowest BCUT2D eigenvalue weighted by Crippen LogP contribution is -2.34. The van der Waals surface area contributed by atoms with Crippen LogP contribution in [0.2, 0.25) is 0 Å². The summed E-state index contributed by atoms with van der Waals surface area (Å²) in [5, 5.41) is 2.94. The summed E-state index contributed by atoms with van der Waals surface area (Å²) in [5.41, 5.74) is 1.93. The summed E-state index contributed by atoms with van der Waals surface area (Å²) >= 11 is 0. The minimum atomic E-state index is -0.535. The number of ether oxygens (including phenoxy) is 2. The number of carbonyl (C=O) groups is 2. The second-order valence-electron chi connectivity index (χ2n) is 5.93. The number of carbonyl (C=O) groups excluding carboxylic acids is 2. The number of esters is 1. The van der Waals surface area contributed by atoms with Crippen molar-refractivity contribution in [1.29, 1.82) is 0 Å². The van der Waals surface area contributed by atoms with Gasteiger partial charge in [-0.15, -0.1) is 0 Å². The third-order valence-electron chi connectivity index (χ3n) is 4.11. The van der Waals surface area contributed by atoms with Crippen molar-refractivity contribution < 1.29 is 19.1 Å². The highest BCUT2D eigenvalue weighted by molar-refractivity contribution is 5.82. The lowest BCUT2D eigenvalue weighted by atomic mass is 9.99. The summed E-state index contributed by atoms with van der Waals surface area (Å²) in [6.45, 7) is 0.255. The predicted molar refractivity (Wildman–Crippen MR) is 92.8 cm³/mol. The van der Waals surface area contributed by atoms with E-state index in [0.717, 1.165) is 17.5 Å². The van der Waals surface area contributed by atoms with E-state index in [9.17, 15) is 9.59 Å². The van der Waals surface area contributed by atoms with E-state index < -0.39 is 12.1 Å². The van der Waals surface area contributed by atoms with Crippen molar-refractivity contribution in [1.82, 2.24) is 5.32 Å². The maximum Gasteiger partial charge on any atom is 0.335 e. The van der Waals surface area contributed by atoms with Gasteiger partial charge in [0.2, 0.25) is 0 Å². The Kier molecular flexibility index (Phi) is 5.80. The molecule has 0 aromatic heterocycles. The molecule has 0 saturated carbocycles. The Morgan fingerprint density at radius 1 is 1.04 bits per heavy atom. The lowest BCUT2D eigenvalue weighted by molar-refractivity contribution is -0.157. The highest BCUT2D eigenvalue weighted by Crippen LogP contribution is 2.21. The highest BCUT2D eigenvalue weighted by Gasteiger charge is 2.26. The molecule has 0 bridgehead atoms. The molecule has 1 aliphatic heterocycles. The zero-order valence-corrected chi connectivity index (χ0v) is 13.9. The molecule has 5 heteroatoms. The van der Waals surface area contributed by atoms with Crippen LogP contribution in [0.15, 0.2) is 60.7 Å². The molecule has 1 saturated heterocycles. The lowest BCUT2D eigenvalue weighted by Gasteiger charge is -2.20. The average molecular weight is 339 g/mol. The normalized spacial score (nSPS) is 16.6. The Hall–Kier alpha value is -2.66. The molecule has 1 amide bonds. The standard InChI is InChI=1S/C20H21NO4/c22-18(14-25-20(23)17-12-7-13-24-17)21-19(15-8-3-1-4-9-15)16-10-5-2-6-11-16/h1-6,8-11,17,19H,7,12-14H2,(H,21,22)/t17-/m1/s1. The van der Waals surface area contributed by atoms with Crippen LogP contribution in [0.1, 0.15) is 30.0 Å². The number of amides is 1. The van der Waals surface area contributed by atoms with Crippen molar-refractivity contribution in [3.8, 4) is 0 Å². The number of nitrogens with one attached hydrogen (secondary N) is 1. The van der Waals surface area contributed by atoms with Gasteiger partial charge in [0, 0.05) is 6.61 Å². The van der Waals surface area contributed by atoms with Gasteiger partial charge in [-0.1, -0.05) is 60.7 Å². The van der Waals surface area contributed by atoms with Crippen LogP contribution in [0.4, 0.5) is 0 Å². The van der Waals surface area contributed by atoms with Gasteiger partial charge in [0.15, 0.2) is 12.7 Å². The van der Waals surface area contributed by atoms with E-state index in [1.807, 2.05) is 60.7 Å². The van der Waals surface area contributed by atoms with Gasteiger partial charge in [0.1, 0.15) is 0 Å². The Balaban J connectivity index is 1.64. The van der Waals surface area contributed by atoms with Gasteiger partial charge in [0.25, 0.3) is 5.91 Å². The summed E-state index contributed by atoms with van der Waals surface area (Å²) in [5.74, 6) is -0.812. The van der Waals surface area contributed by atoms with Crippen LogP contribution in [0, 0.1) is 0 Å². The number of hydrogen-bond donors (Lipinski definition) is 1. The fraction of sp³-hybridized carbons (Fsp3) is 0.300. The second-order valence-corrected chi connectivity index (χ2v) is 5.93. The molecule has 1 atom stereocenters. The van der Waals surface area contributed by atoms with Crippen LogP contribution >= 0.6 is 0 Å². The third kappa shape index (κ3) is 4.67. The fourth-order valence-corrected chi connectivity index (χ4v) is 2.85. The third-order valence-corrected chi connectivity index (χ3v) is 4.11. The highest BCUT2D eigenvalue weighted by atomic mass is 16.6. The minimum Gasteiger partial charge on any atom is -0.454 e. The second kappa shape index (κ2) is 8.44. The van der Waals surface area contributed by atoms with Crippen molar-refractivity contribution >= 4 is 11.9 Å². The number of benzene rings is 2. The van der Waals surface area contributed by atoms with Gasteiger partial charge in [-0.2, -0.15) is 0 Å². The SMILES string of the molecule is O=C(COC(=O)[C@H]1CCCO1)NC(c1ccccc1)c1ccccc1. The molecular weight excluding hydrogens is 318 g/mol. The fourth-order valence-electron chi connectivity index (χ4n) is 2.85. The van der Waals surface area contributed by atoms with E-state index in [1.165, 1.54) is 0 Å². The summed E-state index contributed by atoms with van der Waals surface area (Å²) in [6, 6.07) is 19.1. The van der Waals surface area contributed by atoms with Gasteiger partial charge in [-0.3, -0.25) is 4.79 Å². The molecule has 5 nitrogen and oxygen atoms in total. The molecule has 25 heavy (non-hydrogen) atoms. The van der Waals surface area contributed by atoms with E-state index >= 15 is 0 Å². The van der Waals surface area contributed by atoms with Crippen molar-refractivity contribution in [2.24, 2.45) is 0 Å². The summed E-state index contributed by atoms with van der Waals surface area (Å²) < 4.78 is 10.3. The Bertz CT molecular complexity index is 657. The molecule has 0 unspecified atom stereocenters. The van der Waals surface area contributed by atoms with Crippen molar-refractivity contribution in [2.45, 2.75) is 25.0 Å². The molecule has 0 aliphatic carbocycles. The molecule has 0 radical (unpaired) electrons. The quantitative estimate of drug-likeness (QED) is 0.822. The largest absolute Gasteiger partial charge is 0.454 e. The Morgan fingerprint density at radius 3 is 2.16 bits per heavy atom. The van der Waals surface area contributed by atoms with Gasteiger partial charge in [0.05, 0.1) is 6.04 Å². The zero-order valence-electron chi connectivity index (χ0n) is 13.9. The maximum absolute atomic E-state index is 12.3. The minimum absolute atomic E-state index is 0.295. The summed E-state index contributed by atoms with van der Waals surface area (Å²) in [7, 11) is 0. The monoisotopic (exact) mass is 339 g/mol. The van der Waals surface area contributed by atoms with Crippen LogP contribution in [0.25, 0.3) is 0 Å². The van der Waals surface area contributed by atoms with E-state index in [2.05, 4.69) is 5.32 Å². The average Bonchev–Trinajstić information content (AvgIpc) is 3.20. The van der Waals surface area contributed by atoms with E-state index in [0.29, 0.717) is 13.0 Å². The van der Waals surface area contributed by atoms with Crippen LogP contribution in [0.3, 0.4) is 0 Å². The molecular formula is C20H21NO4. The molecule has 2 aromatic rings. The summed E-state index contributed by atoms with van der Waals surface area (Å²) in [6.07, 6.45) is 0.958. The van der Waals surface area contributed by atoms with Crippen LogP contribution < -0.4 is 5.32 Å². The van der Waals surface area contributed by atoms with Gasteiger partial charge in [-0.25, -0.2) is 4.79 Å². The first-order chi connectivity index (χ1) is 12.2. The van der Waals surface area contributed by atoms with Crippen molar-refractivity contribution in [3.05, 3.63) is 71.8 Å². The van der Waals surface area contributed by atoms with Crippen LogP contribution in [-0.4, -0.2) is 31.2 Å². The van der Waals surface area contributed by atoms with E-state index in [-0.39, 0.29) is 18.6 Å². The molecule has 1 heterocycles. The predicted octanol–water partition coefficient (Wildman–Crippen LogP) is 2.61. The Morgan fingerprint density at radius 2 is 1.64 bits per heavy atom. The topological polar surface area (TPSA) is 64.6 Å². The van der Waals surface area contributed by atoms with Gasteiger partial charge >= 0.3 is 5.97 Å². The van der Waals surface area contributed by atoms with Crippen molar-refractivity contribution in [2.75, 3.05) is 13.2 Å². The maximum atomic E-state index is 12.3. The van der Waals surface area contributed by atoms with E-state index in [4.69, 9.17) is 9.47 Å². The molecule has 1 fully saturated rings. The molecule has 1 aliphatic rings.